The van der Waals surface area contributed by atoms with E-state index in [0.29, 0.717) is 6.10 Å². The lowest BCUT2D eigenvalue weighted by molar-refractivity contribution is 0.0293. The number of hydrogen-bond acceptors (Lipinski definition) is 3. The van der Waals surface area contributed by atoms with Crippen molar-refractivity contribution in [1.29, 1.82) is 0 Å². The average molecular weight is 284 g/mol. The molecule has 20 heavy (non-hydrogen) atoms. The van der Waals surface area contributed by atoms with E-state index in [0.717, 1.165) is 25.6 Å². The van der Waals surface area contributed by atoms with Crippen LogP contribution >= 0.6 is 0 Å². The van der Waals surface area contributed by atoms with Gasteiger partial charge in [0.1, 0.15) is 0 Å². The van der Waals surface area contributed by atoms with Gasteiger partial charge in [-0.05, 0) is 46.1 Å². The molecule has 0 saturated heterocycles. The van der Waals surface area contributed by atoms with Crippen LogP contribution in [0.2, 0.25) is 0 Å². The van der Waals surface area contributed by atoms with Crippen LogP contribution in [0.3, 0.4) is 0 Å². The molecular weight excluding hydrogens is 248 g/mol. The summed E-state index contributed by atoms with van der Waals surface area (Å²) in [6.07, 6.45) is 9.61. The van der Waals surface area contributed by atoms with Gasteiger partial charge in [0.05, 0.1) is 12.7 Å². The van der Waals surface area contributed by atoms with E-state index >= 15 is 0 Å². The molecule has 2 unspecified atom stereocenters. The van der Waals surface area contributed by atoms with Crippen molar-refractivity contribution in [3.63, 3.8) is 0 Å². The lowest BCUT2D eigenvalue weighted by atomic mass is 9.87. The first-order valence-electron chi connectivity index (χ1n) is 8.57. The minimum atomic E-state index is 0.211. The van der Waals surface area contributed by atoms with E-state index in [9.17, 15) is 0 Å². The van der Waals surface area contributed by atoms with Gasteiger partial charge in [0.25, 0.3) is 0 Å². The Morgan fingerprint density at radius 3 is 2.65 bits per heavy atom. The summed E-state index contributed by atoms with van der Waals surface area (Å²) in [5.74, 6) is 0.925. The molecular formula is C17H36N2O. The van der Waals surface area contributed by atoms with Gasteiger partial charge < -0.3 is 10.5 Å². The van der Waals surface area contributed by atoms with Gasteiger partial charge in [0.2, 0.25) is 0 Å². The molecule has 1 aliphatic rings. The molecule has 0 aliphatic heterocycles. The number of nitrogens with two attached hydrogens (primary N) is 1. The normalized spacial score (nSPS) is 28.1. The standard InChI is InChI=1S/C17H36N2O/c1-5-7-16-8-6-10-17(14-18,11-9-16)19(4)12-13-20-15(2)3/h15-16H,5-14,18H2,1-4H3. The summed E-state index contributed by atoms with van der Waals surface area (Å²) >= 11 is 0. The van der Waals surface area contributed by atoms with Crippen LogP contribution in [0.25, 0.3) is 0 Å². The highest BCUT2D eigenvalue weighted by atomic mass is 16.5. The van der Waals surface area contributed by atoms with Crippen molar-refractivity contribution in [2.24, 2.45) is 11.7 Å². The molecule has 0 aromatic rings. The van der Waals surface area contributed by atoms with Gasteiger partial charge in [0.15, 0.2) is 0 Å². The monoisotopic (exact) mass is 284 g/mol. The predicted molar refractivity (Wildman–Crippen MR) is 87.0 cm³/mol. The lowest BCUT2D eigenvalue weighted by Crippen LogP contribution is -2.52. The molecule has 2 atom stereocenters. The Balaban J connectivity index is 2.52. The summed E-state index contributed by atoms with van der Waals surface area (Å²) in [5, 5.41) is 0. The molecule has 1 rings (SSSR count). The summed E-state index contributed by atoms with van der Waals surface area (Å²) in [6.45, 7) is 9.09. The fraction of sp³-hybridized carbons (Fsp3) is 1.00. The van der Waals surface area contributed by atoms with Crippen LogP contribution in [0.5, 0.6) is 0 Å². The van der Waals surface area contributed by atoms with E-state index in [1.54, 1.807) is 0 Å². The quantitative estimate of drug-likeness (QED) is 0.694. The Labute approximate surface area is 126 Å². The van der Waals surface area contributed by atoms with Crippen molar-refractivity contribution < 1.29 is 4.74 Å². The maximum Gasteiger partial charge on any atom is 0.0597 e. The molecule has 0 aromatic carbocycles. The summed E-state index contributed by atoms with van der Waals surface area (Å²) < 4.78 is 5.70. The second-order valence-electron chi connectivity index (χ2n) is 6.86. The van der Waals surface area contributed by atoms with Gasteiger partial charge in [-0.15, -0.1) is 0 Å². The first-order chi connectivity index (χ1) is 9.54. The Bertz CT molecular complexity index is 257. The molecule has 3 nitrogen and oxygen atoms in total. The predicted octanol–water partition coefficient (Wildman–Crippen LogP) is 3.42. The third kappa shape index (κ3) is 5.34. The molecule has 1 aliphatic carbocycles. The van der Waals surface area contributed by atoms with Crippen LogP contribution in [0.4, 0.5) is 0 Å². The third-order valence-electron chi connectivity index (χ3n) is 5.04. The van der Waals surface area contributed by atoms with E-state index in [4.69, 9.17) is 10.5 Å². The van der Waals surface area contributed by atoms with Crippen LogP contribution in [-0.2, 0) is 4.74 Å². The van der Waals surface area contributed by atoms with E-state index in [1.165, 1.54) is 44.9 Å². The SMILES string of the molecule is CCCC1CCCC(CN)(N(C)CCOC(C)C)CC1. The fourth-order valence-electron chi connectivity index (χ4n) is 3.56. The first-order valence-corrected chi connectivity index (χ1v) is 8.57. The van der Waals surface area contributed by atoms with E-state index in [1.807, 2.05) is 0 Å². The molecule has 1 fully saturated rings. The highest BCUT2D eigenvalue weighted by molar-refractivity contribution is 4.93. The van der Waals surface area contributed by atoms with Crippen molar-refractivity contribution in [2.45, 2.75) is 77.4 Å². The van der Waals surface area contributed by atoms with Gasteiger partial charge >= 0.3 is 0 Å². The highest BCUT2D eigenvalue weighted by Gasteiger charge is 2.35. The molecule has 2 N–H and O–H groups in total. The smallest absolute Gasteiger partial charge is 0.0597 e. The molecule has 0 radical (unpaired) electrons. The Morgan fingerprint density at radius 2 is 2.05 bits per heavy atom. The second-order valence-corrected chi connectivity index (χ2v) is 6.86. The molecule has 3 heteroatoms. The summed E-state index contributed by atoms with van der Waals surface area (Å²) in [6, 6.07) is 0. The van der Waals surface area contributed by atoms with Gasteiger partial charge in [0, 0.05) is 18.6 Å². The number of likely N-dealkylation sites (N-methyl/N-ethyl adjacent to an activating group) is 1. The molecule has 0 heterocycles. The van der Waals surface area contributed by atoms with Crippen molar-refractivity contribution in [3.8, 4) is 0 Å². The molecule has 0 spiro atoms. The van der Waals surface area contributed by atoms with Crippen LogP contribution in [0.1, 0.15) is 65.7 Å². The number of rotatable bonds is 8. The molecule has 0 aromatic heterocycles. The topological polar surface area (TPSA) is 38.5 Å². The van der Waals surface area contributed by atoms with Gasteiger partial charge in [-0.1, -0.05) is 32.6 Å². The average Bonchev–Trinajstić information content (AvgIpc) is 2.62. The summed E-state index contributed by atoms with van der Waals surface area (Å²) in [7, 11) is 2.23. The van der Waals surface area contributed by atoms with E-state index in [2.05, 4.69) is 32.7 Å². The highest BCUT2D eigenvalue weighted by Crippen LogP contribution is 2.35. The van der Waals surface area contributed by atoms with Crippen LogP contribution in [0.15, 0.2) is 0 Å². The van der Waals surface area contributed by atoms with Gasteiger partial charge in [-0.25, -0.2) is 0 Å². The van der Waals surface area contributed by atoms with Crippen LogP contribution < -0.4 is 5.73 Å². The summed E-state index contributed by atoms with van der Waals surface area (Å²) in [4.78, 5) is 2.48. The van der Waals surface area contributed by atoms with E-state index in [-0.39, 0.29) is 5.54 Å². The summed E-state index contributed by atoms with van der Waals surface area (Å²) in [5.41, 5.74) is 6.39. The Morgan fingerprint density at radius 1 is 1.30 bits per heavy atom. The zero-order valence-corrected chi connectivity index (χ0v) is 14.2. The fourth-order valence-corrected chi connectivity index (χ4v) is 3.56. The van der Waals surface area contributed by atoms with Crippen molar-refractivity contribution in [1.82, 2.24) is 4.90 Å². The van der Waals surface area contributed by atoms with Crippen LogP contribution in [-0.4, -0.2) is 43.3 Å². The first kappa shape index (κ1) is 17.9. The zero-order chi connectivity index (χ0) is 15.0. The minimum Gasteiger partial charge on any atom is -0.377 e. The lowest BCUT2D eigenvalue weighted by Gasteiger charge is -2.41. The zero-order valence-electron chi connectivity index (χ0n) is 14.2. The molecule has 0 bridgehead atoms. The van der Waals surface area contributed by atoms with E-state index < -0.39 is 0 Å². The number of hydrogen-bond donors (Lipinski definition) is 1. The van der Waals surface area contributed by atoms with Crippen molar-refractivity contribution in [2.75, 3.05) is 26.7 Å². The van der Waals surface area contributed by atoms with Crippen molar-refractivity contribution in [3.05, 3.63) is 0 Å². The van der Waals surface area contributed by atoms with Gasteiger partial charge in [-0.2, -0.15) is 0 Å². The van der Waals surface area contributed by atoms with Crippen LogP contribution in [0, 0.1) is 5.92 Å². The molecule has 120 valence electrons. The maximum atomic E-state index is 6.18. The Hall–Kier alpha value is -0.120. The number of nitrogens with zero attached hydrogens (tertiary/aromatic N) is 1. The largest absolute Gasteiger partial charge is 0.377 e. The minimum absolute atomic E-state index is 0.211. The van der Waals surface area contributed by atoms with Gasteiger partial charge in [-0.3, -0.25) is 4.90 Å². The number of ether oxygens (including phenoxy) is 1. The maximum absolute atomic E-state index is 6.18. The third-order valence-corrected chi connectivity index (χ3v) is 5.04. The Kier molecular flexibility index (Phi) is 8.08. The van der Waals surface area contributed by atoms with Crippen molar-refractivity contribution >= 4 is 0 Å². The molecule has 1 saturated carbocycles. The second kappa shape index (κ2) is 9.01. The molecule has 0 amide bonds.